The van der Waals surface area contributed by atoms with Crippen LogP contribution in [0.3, 0.4) is 0 Å². The van der Waals surface area contributed by atoms with Gasteiger partial charge in [-0.3, -0.25) is 14.9 Å². The van der Waals surface area contributed by atoms with E-state index in [4.69, 9.17) is 11.5 Å². The summed E-state index contributed by atoms with van der Waals surface area (Å²) in [5, 5.41) is 11.2. The van der Waals surface area contributed by atoms with Crippen molar-refractivity contribution in [3.05, 3.63) is 33.9 Å². The molecule has 0 spiro atoms. The molecule has 1 atom stereocenters. The first-order valence-corrected chi connectivity index (χ1v) is 6.59. The number of carbonyl (C=O) groups excluding carboxylic acids is 1. The zero-order valence-electron chi connectivity index (χ0n) is 11.1. The van der Waals surface area contributed by atoms with Crippen LogP contribution in [0, 0.1) is 10.1 Å². The highest BCUT2D eigenvalue weighted by atomic mass is 16.6. The highest BCUT2D eigenvalue weighted by molar-refractivity contribution is 5.94. The Morgan fingerprint density at radius 1 is 1.45 bits per heavy atom. The molecule has 2 rings (SSSR count). The van der Waals surface area contributed by atoms with Gasteiger partial charge in [-0.2, -0.15) is 0 Å². The van der Waals surface area contributed by atoms with Crippen molar-refractivity contribution in [1.82, 2.24) is 0 Å². The van der Waals surface area contributed by atoms with Gasteiger partial charge in [0.1, 0.15) is 5.69 Å². The van der Waals surface area contributed by atoms with Crippen molar-refractivity contribution in [2.45, 2.75) is 25.3 Å². The SMILES string of the molecule is NCC1CCCCN1c1ccc(C(N)=O)cc1[N+](=O)[O-]. The number of anilines is 1. The van der Waals surface area contributed by atoms with E-state index in [1.807, 2.05) is 4.90 Å². The largest absolute Gasteiger partial charge is 0.366 e. The number of benzene rings is 1. The Bertz CT molecular complexity index is 532. The van der Waals surface area contributed by atoms with Crippen molar-refractivity contribution in [3.8, 4) is 0 Å². The van der Waals surface area contributed by atoms with Crippen LogP contribution in [0.2, 0.25) is 0 Å². The Hall–Kier alpha value is -2.15. The van der Waals surface area contributed by atoms with E-state index in [0.717, 1.165) is 25.8 Å². The van der Waals surface area contributed by atoms with E-state index in [0.29, 0.717) is 12.2 Å². The molecule has 1 aromatic carbocycles. The van der Waals surface area contributed by atoms with Gasteiger partial charge in [0.05, 0.1) is 4.92 Å². The number of primary amides is 1. The molecule has 1 aromatic rings. The molecule has 1 unspecified atom stereocenters. The molecule has 1 aliphatic heterocycles. The fourth-order valence-electron chi connectivity index (χ4n) is 2.63. The molecule has 7 nitrogen and oxygen atoms in total. The molecule has 0 aromatic heterocycles. The standard InChI is InChI=1S/C13H18N4O3/c14-8-10-3-1-2-6-16(10)11-5-4-9(13(15)18)7-12(11)17(19)20/h4-5,7,10H,1-3,6,8,14H2,(H2,15,18). The number of rotatable bonds is 4. The number of hydrogen-bond acceptors (Lipinski definition) is 5. The molecule has 108 valence electrons. The molecular formula is C13H18N4O3. The van der Waals surface area contributed by atoms with Crippen LogP contribution in [0.25, 0.3) is 0 Å². The van der Waals surface area contributed by atoms with Crippen molar-refractivity contribution >= 4 is 17.3 Å². The predicted octanol–water partition coefficient (Wildman–Crippen LogP) is 1.01. The summed E-state index contributed by atoms with van der Waals surface area (Å²) in [4.78, 5) is 23.9. The lowest BCUT2D eigenvalue weighted by Gasteiger charge is -2.36. The van der Waals surface area contributed by atoms with Gasteiger partial charge in [0.25, 0.3) is 5.69 Å². The Balaban J connectivity index is 2.44. The van der Waals surface area contributed by atoms with Gasteiger partial charge in [-0.15, -0.1) is 0 Å². The summed E-state index contributed by atoms with van der Waals surface area (Å²) in [6.45, 7) is 1.19. The van der Waals surface area contributed by atoms with Crippen molar-refractivity contribution in [2.24, 2.45) is 11.5 Å². The minimum absolute atomic E-state index is 0.0957. The number of nitrogens with two attached hydrogens (primary N) is 2. The molecule has 0 radical (unpaired) electrons. The first-order chi connectivity index (χ1) is 9.54. The lowest BCUT2D eigenvalue weighted by atomic mass is 10.0. The summed E-state index contributed by atoms with van der Waals surface area (Å²) in [5.74, 6) is -0.673. The van der Waals surface area contributed by atoms with Gasteiger partial charge in [-0.05, 0) is 31.4 Å². The van der Waals surface area contributed by atoms with E-state index in [1.165, 1.54) is 12.1 Å². The van der Waals surface area contributed by atoms with Crippen LogP contribution >= 0.6 is 0 Å². The first-order valence-electron chi connectivity index (χ1n) is 6.59. The van der Waals surface area contributed by atoms with Crippen LogP contribution in [-0.2, 0) is 0 Å². The lowest BCUT2D eigenvalue weighted by Crippen LogP contribution is -2.44. The van der Waals surface area contributed by atoms with Crippen LogP contribution in [-0.4, -0.2) is 30.0 Å². The van der Waals surface area contributed by atoms with Crippen LogP contribution in [0.15, 0.2) is 18.2 Å². The van der Waals surface area contributed by atoms with E-state index in [1.54, 1.807) is 6.07 Å². The summed E-state index contributed by atoms with van der Waals surface area (Å²) in [6.07, 6.45) is 2.97. The van der Waals surface area contributed by atoms with Gasteiger partial charge in [0, 0.05) is 30.8 Å². The predicted molar refractivity (Wildman–Crippen MR) is 75.7 cm³/mol. The minimum Gasteiger partial charge on any atom is -0.366 e. The third kappa shape index (κ3) is 2.72. The second-order valence-corrected chi connectivity index (χ2v) is 4.90. The second-order valence-electron chi connectivity index (χ2n) is 4.90. The maximum atomic E-state index is 11.2. The van der Waals surface area contributed by atoms with Gasteiger partial charge >= 0.3 is 0 Å². The first kappa shape index (κ1) is 14.3. The Kier molecular flexibility index (Phi) is 4.19. The van der Waals surface area contributed by atoms with Crippen LogP contribution < -0.4 is 16.4 Å². The third-order valence-electron chi connectivity index (χ3n) is 3.67. The minimum atomic E-state index is -0.673. The number of amides is 1. The molecular weight excluding hydrogens is 260 g/mol. The second kappa shape index (κ2) is 5.87. The highest BCUT2D eigenvalue weighted by Gasteiger charge is 2.27. The molecule has 4 N–H and O–H groups in total. The fourth-order valence-corrected chi connectivity index (χ4v) is 2.63. The normalized spacial score (nSPS) is 18.9. The summed E-state index contributed by atoms with van der Waals surface area (Å²) >= 11 is 0. The van der Waals surface area contributed by atoms with E-state index >= 15 is 0 Å². The molecule has 1 fully saturated rings. The summed E-state index contributed by atoms with van der Waals surface area (Å²) in [6, 6.07) is 4.45. The average molecular weight is 278 g/mol. The summed E-state index contributed by atoms with van der Waals surface area (Å²) in [5.41, 5.74) is 11.5. The summed E-state index contributed by atoms with van der Waals surface area (Å²) < 4.78 is 0. The zero-order valence-corrected chi connectivity index (χ0v) is 11.1. The van der Waals surface area contributed by atoms with E-state index in [-0.39, 0.29) is 17.3 Å². The van der Waals surface area contributed by atoms with Crippen molar-refractivity contribution < 1.29 is 9.72 Å². The van der Waals surface area contributed by atoms with Crippen molar-refractivity contribution in [3.63, 3.8) is 0 Å². The van der Waals surface area contributed by atoms with Crippen LogP contribution in [0.5, 0.6) is 0 Å². The smallest absolute Gasteiger partial charge is 0.293 e. The van der Waals surface area contributed by atoms with Gasteiger partial charge in [0.15, 0.2) is 0 Å². The number of nitro benzene ring substituents is 1. The third-order valence-corrected chi connectivity index (χ3v) is 3.67. The molecule has 1 aliphatic rings. The molecule has 0 aliphatic carbocycles. The van der Waals surface area contributed by atoms with E-state index in [2.05, 4.69) is 0 Å². The zero-order chi connectivity index (χ0) is 14.7. The topological polar surface area (TPSA) is 115 Å². The van der Waals surface area contributed by atoms with Crippen molar-refractivity contribution in [1.29, 1.82) is 0 Å². The Morgan fingerprint density at radius 3 is 2.80 bits per heavy atom. The molecule has 7 heteroatoms. The maximum absolute atomic E-state index is 11.2. The quantitative estimate of drug-likeness (QED) is 0.630. The molecule has 0 bridgehead atoms. The number of piperidine rings is 1. The van der Waals surface area contributed by atoms with E-state index < -0.39 is 10.8 Å². The lowest BCUT2D eigenvalue weighted by molar-refractivity contribution is -0.384. The average Bonchev–Trinajstić information content (AvgIpc) is 2.46. The molecule has 0 saturated carbocycles. The van der Waals surface area contributed by atoms with Gasteiger partial charge in [-0.1, -0.05) is 0 Å². The number of nitrogens with zero attached hydrogens (tertiary/aromatic N) is 2. The van der Waals surface area contributed by atoms with Crippen LogP contribution in [0.4, 0.5) is 11.4 Å². The summed E-state index contributed by atoms with van der Waals surface area (Å²) in [7, 11) is 0. The monoisotopic (exact) mass is 278 g/mol. The van der Waals surface area contributed by atoms with Crippen LogP contribution in [0.1, 0.15) is 29.6 Å². The van der Waals surface area contributed by atoms with Gasteiger partial charge < -0.3 is 16.4 Å². The Labute approximate surface area is 116 Å². The molecule has 1 amide bonds. The fraction of sp³-hybridized carbons (Fsp3) is 0.462. The number of hydrogen-bond donors (Lipinski definition) is 2. The number of nitro groups is 1. The number of carbonyl (C=O) groups is 1. The Morgan fingerprint density at radius 2 is 2.20 bits per heavy atom. The molecule has 1 saturated heterocycles. The van der Waals surface area contributed by atoms with Gasteiger partial charge in [0.2, 0.25) is 5.91 Å². The maximum Gasteiger partial charge on any atom is 0.293 e. The molecule has 20 heavy (non-hydrogen) atoms. The molecule has 1 heterocycles. The van der Waals surface area contributed by atoms with Gasteiger partial charge in [-0.25, -0.2) is 0 Å². The van der Waals surface area contributed by atoms with E-state index in [9.17, 15) is 14.9 Å². The van der Waals surface area contributed by atoms with Crippen molar-refractivity contribution in [2.75, 3.05) is 18.0 Å². The highest BCUT2D eigenvalue weighted by Crippen LogP contribution is 2.33.